The lowest BCUT2D eigenvalue weighted by Gasteiger charge is -2.34. The Hall–Kier alpha value is -3.28. The Labute approximate surface area is 156 Å². The van der Waals surface area contributed by atoms with Gasteiger partial charge in [-0.2, -0.15) is 0 Å². The van der Waals surface area contributed by atoms with Crippen molar-refractivity contribution in [1.82, 2.24) is 9.80 Å². The summed E-state index contributed by atoms with van der Waals surface area (Å²) in [6.45, 7) is 1.94. The highest BCUT2D eigenvalue weighted by atomic mass is 16.5. The van der Waals surface area contributed by atoms with Crippen molar-refractivity contribution in [2.24, 2.45) is 0 Å². The van der Waals surface area contributed by atoms with Crippen LogP contribution in [0.4, 0.5) is 0 Å². The maximum absolute atomic E-state index is 12.7. The fourth-order valence-electron chi connectivity index (χ4n) is 3.16. The van der Waals surface area contributed by atoms with Crippen LogP contribution in [0.3, 0.4) is 0 Å². The number of ether oxygens (including phenoxy) is 1. The predicted octanol–water partition coefficient (Wildman–Crippen LogP) is 2.80. The summed E-state index contributed by atoms with van der Waals surface area (Å²) in [6.07, 6.45) is 0. The molecule has 0 saturated carbocycles. The Morgan fingerprint density at radius 2 is 1.56 bits per heavy atom. The summed E-state index contributed by atoms with van der Waals surface area (Å²) in [5.74, 6) is 0.793. The first-order valence-electron chi connectivity index (χ1n) is 8.94. The van der Waals surface area contributed by atoms with Crippen molar-refractivity contribution in [3.63, 3.8) is 0 Å². The zero-order valence-electron chi connectivity index (χ0n) is 14.8. The lowest BCUT2D eigenvalue weighted by molar-refractivity contribution is -0.134. The SMILES string of the molecule is O=C(COc1ccccc1)N1CCN(C(=O)c2cc3ccccc3o2)CC1. The number of fused-ring (bicyclic) bond motifs is 1. The van der Waals surface area contributed by atoms with Crippen LogP contribution in [0.2, 0.25) is 0 Å². The molecule has 0 N–H and O–H groups in total. The van der Waals surface area contributed by atoms with E-state index in [0.717, 1.165) is 5.39 Å². The van der Waals surface area contributed by atoms with Gasteiger partial charge in [-0.15, -0.1) is 0 Å². The van der Waals surface area contributed by atoms with E-state index in [0.29, 0.717) is 43.3 Å². The summed E-state index contributed by atoms with van der Waals surface area (Å²) in [5.41, 5.74) is 0.702. The number of benzene rings is 2. The van der Waals surface area contributed by atoms with Crippen LogP contribution in [0.25, 0.3) is 11.0 Å². The minimum absolute atomic E-state index is 0.00152. The van der Waals surface area contributed by atoms with E-state index in [-0.39, 0.29) is 18.4 Å². The Bertz CT molecular complexity index is 910. The van der Waals surface area contributed by atoms with Crippen molar-refractivity contribution >= 4 is 22.8 Å². The Balaban J connectivity index is 1.31. The second kappa shape index (κ2) is 7.53. The third-order valence-corrected chi connectivity index (χ3v) is 4.66. The van der Waals surface area contributed by atoms with Gasteiger partial charge in [0, 0.05) is 31.6 Å². The molecule has 0 unspecified atom stereocenters. The topological polar surface area (TPSA) is 63.0 Å². The van der Waals surface area contributed by atoms with Crippen molar-refractivity contribution in [3.05, 3.63) is 66.4 Å². The number of piperazine rings is 1. The van der Waals surface area contributed by atoms with E-state index in [1.807, 2.05) is 54.6 Å². The quantitative estimate of drug-likeness (QED) is 0.714. The molecule has 1 aromatic heterocycles. The van der Waals surface area contributed by atoms with Crippen molar-refractivity contribution < 1.29 is 18.7 Å². The van der Waals surface area contributed by atoms with Crippen LogP contribution in [0.1, 0.15) is 10.6 Å². The van der Waals surface area contributed by atoms with Crippen LogP contribution in [-0.4, -0.2) is 54.4 Å². The molecule has 0 bridgehead atoms. The first-order valence-corrected chi connectivity index (χ1v) is 8.94. The summed E-state index contributed by atoms with van der Waals surface area (Å²) in [4.78, 5) is 28.4. The van der Waals surface area contributed by atoms with Crippen LogP contribution in [0.15, 0.2) is 65.1 Å². The molecule has 2 aromatic carbocycles. The van der Waals surface area contributed by atoms with E-state index in [9.17, 15) is 9.59 Å². The Kier molecular flexibility index (Phi) is 4.78. The highest BCUT2D eigenvalue weighted by Crippen LogP contribution is 2.20. The summed E-state index contributed by atoms with van der Waals surface area (Å²) in [5, 5.41) is 0.910. The van der Waals surface area contributed by atoms with E-state index >= 15 is 0 Å². The van der Waals surface area contributed by atoms with Gasteiger partial charge in [-0.25, -0.2) is 0 Å². The average molecular weight is 364 g/mol. The molecule has 6 nitrogen and oxygen atoms in total. The number of carbonyl (C=O) groups excluding carboxylic acids is 2. The summed E-state index contributed by atoms with van der Waals surface area (Å²) < 4.78 is 11.2. The fourth-order valence-corrected chi connectivity index (χ4v) is 3.16. The maximum atomic E-state index is 12.7. The molecule has 138 valence electrons. The predicted molar refractivity (Wildman–Crippen MR) is 101 cm³/mol. The molecular formula is C21H20N2O4. The van der Waals surface area contributed by atoms with Crippen LogP contribution in [0.5, 0.6) is 5.75 Å². The lowest BCUT2D eigenvalue weighted by Crippen LogP contribution is -2.51. The molecule has 1 aliphatic heterocycles. The van der Waals surface area contributed by atoms with E-state index in [1.165, 1.54) is 0 Å². The van der Waals surface area contributed by atoms with Gasteiger partial charge in [0.25, 0.3) is 11.8 Å². The van der Waals surface area contributed by atoms with Gasteiger partial charge in [-0.1, -0.05) is 36.4 Å². The first kappa shape index (κ1) is 17.1. The van der Waals surface area contributed by atoms with Gasteiger partial charge in [0.05, 0.1) is 0 Å². The molecule has 1 aliphatic rings. The molecule has 2 heterocycles. The van der Waals surface area contributed by atoms with Crippen molar-refractivity contribution in [2.75, 3.05) is 32.8 Å². The average Bonchev–Trinajstić information content (AvgIpc) is 3.16. The normalized spacial score (nSPS) is 14.4. The molecule has 27 heavy (non-hydrogen) atoms. The van der Waals surface area contributed by atoms with Gasteiger partial charge in [0.2, 0.25) is 0 Å². The number of hydrogen-bond acceptors (Lipinski definition) is 4. The van der Waals surface area contributed by atoms with Gasteiger partial charge < -0.3 is 19.0 Å². The standard InChI is InChI=1S/C21H20N2O4/c24-20(15-26-17-7-2-1-3-8-17)22-10-12-23(13-11-22)21(25)19-14-16-6-4-5-9-18(16)27-19/h1-9,14H,10-13,15H2. The first-order chi connectivity index (χ1) is 13.2. The van der Waals surface area contributed by atoms with Crippen LogP contribution < -0.4 is 4.74 Å². The van der Waals surface area contributed by atoms with Gasteiger partial charge in [0.15, 0.2) is 12.4 Å². The second-order valence-corrected chi connectivity index (χ2v) is 6.42. The zero-order valence-corrected chi connectivity index (χ0v) is 14.8. The summed E-state index contributed by atoms with van der Waals surface area (Å²) >= 11 is 0. The summed E-state index contributed by atoms with van der Waals surface area (Å²) in [6, 6.07) is 18.6. The highest BCUT2D eigenvalue weighted by Gasteiger charge is 2.26. The fraction of sp³-hybridized carbons (Fsp3) is 0.238. The van der Waals surface area contributed by atoms with E-state index in [4.69, 9.17) is 9.15 Å². The minimum Gasteiger partial charge on any atom is -0.484 e. The molecule has 3 aromatic rings. The number of rotatable bonds is 4. The number of amides is 2. The second-order valence-electron chi connectivity index (χ2n) is 6.42. The zero-order chi connectivity index (χ0) is 18.6. The van der Waals surface area contributed by atoms with Crippen LogP contribution in [-0.2, 0) is 4.79 Å². The highest BCUT2D eigenvalue weighted by molar-refractivity contribution is 5.96. The van der Waals surface area contributed by atoms with Crippen molar-refractivity contribution in [1.29, 1.82) is 0 Å². The molecule has 0 aliphatic carbocycles. The third kappa shape index (κ3) is 3.79. The molecule has 2 amide bonds. The van der Waals surface area contributed by atoms with Crippen molar-refractivity contribution in [2.45, 2.75) is 0 Å². The van der Waals surface area contributed by atoms with Crippen LogP contribution >= 0.6 is 0 Å². The monoisotopic (exact) mass is 364 g/mol. The molecule has 0 atom stereocenters. The molecular weight excluding hydrogens is 344 g/mol. The van der Waals surface area contributed by atoms with Crippen molar-refractivity contribution in [3.8, 4) is 5.75 Å². The number of carbonyl (C=O) groups is 2. The Morgan fingerprint density at radius 3 is 2.30 bits per heavy atom. The number of furan rings is 1. The maximum Gasteiger partial charge on any atom is 0.289 e. The lowest BCUT2D eigenvalue weighted by atomic mass is 10.2. The molecule has 4 rings (SSSR count). The van der Waals surface area contributed by atoms with E-state index in [1.54, 1.807) is 15.9 Å². The number of nitrogens with zero attached hydrogens (tertiary/aromatic N) is 2. The number of hydrogen-bond donors (Lipinski definition) is 0. The van der Waals surface area contributed by atoms with E-state index < -0.39 is 0 Å². The van der Waals surface area contributed by atoms with E-state index in [2.05, 4.69) is 0 Å². The summed E-state index contributed by atoms with van der Waals surface area (Å²) in [7, 11) is 0. The molecule has 6 heteroatoms. The molecule has 1 saturated heterocycles. The number of para-hydroxylation sites is 2. The van der Waals surface area contributed by atoms with Gasteiger partial charge in [-0.05, 0) is 24.3 Å². The molecule has 0 radical (unpaired) electrons. The smallest absolute Gasteiger partial charge is 0.289 e. The van der Waals surface area contributed by atoms with Crippen LogP contribution in [0, 0.1) is 0 Å². The van der Waals surface area contributed by atoms with Gasteiger partial charge >= 0.3 is 0 Å². The molecule has 0 spiro atoms. The minimum atomic E-state index is -0.140. The third-order valence-electron chi connectivity index (χ3n) is 4.66. The van der Waals surface area contributed by atoms with Gasteiger partial charge in [0.1, 0.15) is 11.3 Å². The molecule has 1 fully saturated rings. The largest absolute Gasteiger partial charge is 0.484 e. The van der Waals surface area contributed by atoms with Gasteiger partial charge in [-0.3, -0.25) is 9.59 Å². The Morgan fingerprint density at radius 1 is 0.889 bits per heavy atom.